The minimum absolute atomic E-state index is 0.0571. The van der Waals surface area contributed by atoms with Gasteiger partial charge in [-0.1, -0.05) is 0 Å². The number of carbonyl (C=O) groups is 2. The summed E-state index contributed by atoms with van der Waals surface area (Å²) in [6.07, 6.45) is 2.72. The molecule has 0 aliphatic rings. The molecule has 0 aliphatic carbocycles. The first kappa shape index (κ1) is 25.1. The average Bonchev–Trinajstić information content (AvgIpc) is 3.13. The highest BCUT2D eigenvalue weighted by Gasteiger charge is 2.19. The van der Waals surface area contributed by atoms with Gasteiger partial charge in [0.2, 0.25) is 5.88 Å². The second kappa shape index (κ2) is 10.2. The molecule has 34 heavy (non-hydrogen) atoms. The molecule has 0 saturated heterocycles. The van der Waals surface area contributed by atoms with Gasteiger partial charge in [-0.25, -0.2) is 28.5 Å². The maximum atomic E-state index is 13.9. The van der Waals surface area contributed by atoms with E-state index in [9.17, 15) is 19.1 Å². The van der Waals surface area contributed by atoms with Crippen molar-refractivity contribution in [3.8, 4) is 5.88 Å². The van der Waals surface area contributed by atoms with Crippen LogP contribution in [0.1, 0.15) is 43.6 Å². The van der Waals surface area contributed by atoms with E-state index in [4.69, 9.17) is 9.47 Å². The van der Waals surface area contributed by atoms with Crippen LogP contribution in [0, 0.1) is 5.82 Å². The number of hydrogen-bond acceptors (Lipinski definition) is 8. The van der Waals surface area contributed by atoms with Gasteiger partial charge < -0.3 is 25.2 Å². The van der Waals surface area contributed by atoms with Crippen LogP contribution in [0.3, 0.4) is 0 Å². The van der Waals surface area contributed by atoms with Crippen LogP contribution in [0.2, 0.25) is 0 Å². The predicted octanol–water partition coefficient (Wildman–Crippen LogP) is 3.63. The number of rotatable bonds is 8. The third-order valence-corrected chi connectivity index (χ3v) is 4.84. The predicted molar refractivity (Wildman–Crippen MR) is 123 cm³/mol. The number of hydrogen-bond donors (Lipinski definition) is 3. The molecule has 3 rings (SSSR count). The van der Waals surface area contributed by atoms with Gasteiger partial charge in [-0.2, -0.15) is 5.10 Å². The second-order valence-corrected chi connectivity index (χ2v) is 9.21. The zero-order valence-corrected chi connectivity index (χ0v) is 20.5. The summed E-state index contributed by atoms with van der Waals surface area (Å²) in [5, 5.41) is 18.9. The van der Waals surface area contributed by atoms with Crippen molar-refractivity contribution < 1.29 is 28.6 Å². The minimum atomic E-state index is -1.16. The van der Waals surface area contributed by atoms with Crippen molar-refractivity contribution in [1.29, 1.82) is 0 Å². The number of nitrogens with zero attached hydrogens (tertiary/aromatic N) is 4. The fourth-order valence-electron chi connectivity index (χ4n) is 2.82. The lowest BCUT2D eigenvalue weighted by atomic mass is 10.2. The number of nitrogens with one attached hydrogen (secondary N) is 2. The van der Waals surface area contributed by atoms with Crippen molar-refractivity contribution in [3.63, 3.8) is 0 Å². The molecule has 0 unspecified atom stereocenters. The Kier molecular flexibility index (Phi) is 7.54. The number of halogens is 2. The van der Waals surface area contributed by atoms with Crippen LogP contribution in [0.25, 0.3) is 5.65 Å². The largest absolute Gasteiger partial charge is 0.477 e. The first-order valence-electron chi connectivity index (χ1n) is 10.2. The van der Waals surface area contributed by atoms with Gasteiger partial charge in [0.05, 0.1) is 23.4 Å². The lowest BCUT2D eigenvalue weighted by Gasteiger charge is -2.21. The summed E-state index contributed by atoms with van der Waals surface area (Å²) in [5.74, 6) is -1.23. The van der Waals surface area contributed by atoms with Crippen molar-refractivity contribution in [2.45, 2.75) is 45.9 Å². The molecular weight excluding hydrogens is 515 g/mol. The van der Waals surface area contributed by atoms with E-state index in [0.717, 1.165) is 6.20 Å². The Morgan fingerprint density at radius 2 is 2.06 bits per heavy atom. The van der Waals surface area contributed by atoms with Crippen LogP contribution < -0.4 is 15.4 Å². The normalized spacial score (nSPS) is 12.3. The molecule has 1 amide bonds. The van der Waals surface area contributed by atoms with E-state index in [0.29, 0.717) is 15.9 Å². The highest BCUT2D eigenvalue weighted by Crippen LogP contribution is 2.25. The SMILES string of the molecule is C[C@@H](CNC(=O)OC(C)(C)C)Oc1ncc(F)cc1CNc1nc2c(C(=O)O)cnn2cc1Br. The molecule has 0 fully saturated rings. The lowest BCUT2D eigenvalue weighted by molar-refractivity contribution is 0.0503. The molecule has 0 saturated carbocycles. The van der Waals surface area contributed by atoms with Gasteiger partial charge >= 0.3 is 12.1 Å². The Bertz CT molecular complexity index is 1210. The Morgan fingerprint density at radius 1 is 1.32 bits per heavy atom. The molecule has 0 aromatic carbocycles. The first-order valence-corrected chi connectivity index (χ1v) is 11.0. The zero-order valence-electron chi connectivity index (χ0n) is 18.9. The number of amides is 1. The number of fused-ring (bicyclic) bond motifs is 1. The van der Waals surface area contributed by atoms with E-state index in [-0.39, 0.29) is 30.2 Å². The summed E-state index contributed by atoms with van der Waals surface area (Å²) in [5.41, 5.74) is -0.143. The Labute approximate surface area is 202 Å². The molecular formula is C21H24BrFN6O5. The van der Waals surface area contributed by atoms with Gasteiger partial charge in [-0.3, -0.25) is 0 Å². The molecule has 0 radical (unpaired) electrons. The van der Waals surface area contributed by atoms with Crippen molar-refractivity contribution >= 4 is 39.5 Å². The van der Waals surface area contributed by atoms with Gasteiger partial charge in [-0.15, -0.1) is 0 Å². The van der Waals surface area contributed by atoms with E-state index in [1.54, 1.807) is 33.9 Å². The van der Waals surface area contributed by atoms with Gasteiger partial charge in [0.15, 0.2) is 5.65 Å². The van der Waals surface area contributed by atoms with Crippen molar-refractivity contribution in [3.05, 3.63) is 46.1 Å². The smallest absolute Gasteiger partial charge is 0.407 e. The number of anilines is 1. The minimum Gasteiger partial charge on any atom is -0.477 e. The quantitative estimate of drug-likeness (QED) is 0.392. The topological polar surface area (TPSA) is 140 Å². The van der Waals surface area contributed by atoms with E-state index >= 15 is 0 Å². The molecule has 0 bridgehead atoms. The van der Waals surface area contributed by atoms with Gasteiger partial charge in [0.25, 0.3) is 0 Å². The fraction of sp³-hybridized carbons (Fsp3) is 0.381. The lowest BCUT2D eigenvalue weighted by Crippen LogP contribution is -2.37. The van der Waals surface area contributed by atoms with Crippen LogP contribution in [0.15, 0.2) is 29.1 Å². The number of pyridine rings is 1. The standard InChI is InChI=1S/C21H24BrFN6O5/c1-11(6-26-20(32)34-21(2,3)4)33-18-12(5-13(23)8-25-18)7-24-16-15(22)10-29-17(28-16)14(9-27-29)19(30)31/h5,8-11H,6-7H2,1-4H3,(H,24,28)(H,26,32)(H,30,31)/t11-/m0/s1. The molecule has 3 N–H and O–H groups in total. The third-order valence-electron chi connectivity index (χ3n) is 4.26. The van der Waals surface area contributed by atoms with Crippen LogP contribution in [0.4, 0.5) is 15.0 Å². The average molecular weight is 539 g/mol. The summed E-state index contributed by atoms with van der Waals surface area (Å²) < 4.78 is 26.7. The number of ether oxygens (including phenoxy) is 2. The summed E-state index contributed by atoms with van der Waals surface area (Å²) in [6, 6.07) is 1.26. The number of carbonyl (C=O) groups excluding carboxylic acids is 1. The molecule has 13 heteroatoms. The molecule has 3 aromatic rings. The first-order chi connectivity index (χ1) is 15.9. The number of alkyl carbamates (subject to hydrolysis) is 1. The monoisotopic (exact) mass is 538 g/mol. The highest BCUT2D eigenvalue weighted by molar-refractivity contribution is 9.10. The number of aromatic nitrogens is 4. The summed E-state index contributed by atoms with van der Waals surface area (Å²) in [4.78, 5) is 31.5. The van der Waals surface area contributed by atoms with Gasteiger partial charge in [0.1, 0.15) is 28.9 Å². The van der Waals surface area contributed by atoms with Crippen molar-refractivity contribution in [2.24, 2.45) is 0 Å². The molecule has 3 heterocycles. The molecule has 1 atom stereocenters. The van der Waals surface area contributed by atoms with Gasteiger partial charge in [-0.05, 0) is 49.7 Å². The van der Waals surface area contributed by atoms with E-state index in [1.165, 1.54) is 16.8 Å². The number of carboxylic acid groups (broad SMARTS) is 1. The van der Waals surface area contributed by atoms with Crippen LogP contribution in [-0.2, 0) is 11.3 Å². The van der Waals surface area contributed by atoms with Crippen LogP contribution in [-0.4, -0.2) is 55.0 Å². The maximum absolute atomic E-state index is 13.9. The molecule has 0 spiro atoms. The molecule has 3 aromatic heterocycles. The Morgan fingerprint density at radius 3 is 2.74 bits per heavy atom. The van der Waals surface area contributed by atoms with Gasteiger partial charge in [0, 0.05) is 18.3 Å². The fourth-order valence-corrected chi connectivity index (χ4v) is 3.24. The third kappa shape index (κ3) is 6.53. The summed E-state index contributed by atoms with van der Waals surface area (Å²) >= 11 is 3.36. The molecule has 0 aliphatic heterocycles. The number of aromatic carboxylic acids is 1. The summed E-state index contributed by atoms with van der Waals surface area (Å²) in [6.45, 7) is 7.21. The van der Waals surface area contributed by atoms with E-state index < -0.39 is 29.6 Å². The van der Waals surface area contributed by atoms with E-state index in [1.807, 2.05) is 0 Å². The zero-order chi connectivity index (χ0) is 25.0. The van der Waals surface area contributed by atoms with E-state index in [2.05, 4.69) is 41.6 Å². The van der Waals surface area contributed by atoms with Crippen LogP contribution >= 0.6 is 15.9 Å². The summed E-state index contributed by atoms with van der Waals surface area (Å²) in [7, 11) is 0. The highest BCUT2D eigenvalue weighted by atomic mass is 79.9. The Balaban J connectivity index is 1.71. The Hall–Kier alpha value is -3.48. The van der Waals surface area contributed by atoms with Crippen molar-refractivity contribution in [2.75, 3.05) is 11.9 Å². The van der Waals surface area contributed by atoms with Crippen molar-refractivity contribution in [1.82, 2.24) is 24.9 Å². The van der Waals surface area contributed by atoms with Crippen LogP contribution in [0.5, 0.6) is 5.88 Å². The second-order valence-electron chi connectivity index (χ2n) is 8.35. The molecule has 182 valence electrons. The maximum Gasteiger partial charge on any atom is 0.407 e. The molecule has 11 nitrogen and oxygen atoms in total. The number of carboxylic acids is 1.